The van der Waals surface area contributed by atoms with E-state index in [2.05, 4.69) is 0 Å². The van der Waals surface area contributed by atoms with Crippen molar-refractivity contribution in [2.45, 2.75) is 31.7 Å². The van der Waals surface area contributed by atoms with Crippen molar-refractivity contribution < 1.29 is 14.3 Å². The molecule has 0 aromatic rings. The summed E-state index contributed by atoms with van der Waals surface area (Å²) in [5.41, 5.74) is 6.28. The standard InChI is InChI=1S/C15H28N2O3.ClH/c1-19-8-3-6-17(7-9-20-2)15(18)13-11-4-5-12(10-11)14(13)16;/h11-14H,3-10,16H2,1-2H3;1H. The molecule has 0 aromatic carbocycles. The van der Waals surface area contributed by atoms with Gasteiger partial charge in [-0.2, -0.15) is 0 Å². The highest BCUT2D eigenvalue weighted by molar-refractivity contribution is 5.85. The summed E-state index contributed by atoms with van der Waals surface area (Å²) >= 11 is 0. The molecule has 21 heavy (non-hydrogen) atoms. The average molecular weight is 321 g/mol. The number of halogens is 1. The van der Waals surface area contributed by atoms with E-state index in [4.69, 9.17) is 15.2 Å². The van der Waals surface area contributed by atoms with Crippen LogP contribution in [0, 0.1) is 17.8 Å². The fourth-order valence-electron chi connectivity index (χ4n) is 3.85. The summed E-state index contributed by atoms with van der Waals surface area (Å²) in [6.45, 7) is 2.64. The summed E-state index contributed by atoms with van der Waals surface area (Å²) in [5, 5.41) is 0. The largest absolute Gasteiger partial charge is 0.385 e. The second-order valence-corrected chi connectivity index (χ2v) is 6.10. The van der Waals surface area contributed by atoms with Gasteiger partial charge in [-0.05, 0) is 37.5 Å². The van der Waals surface area contributed by atoms with Crippen molar-refractivity contribution in [2.24, 2.45) is 23.5 Å². The molecule has 5 nitrogen and oxygen atoms in total. The minimum absolute atomic E-state index is 0. The van der Waals surface area contributed by atoms with Crippen LogP contribution in [0.1, 0.15) is 25.7 Å². The fourth-order valence-corrected chi connectivity index (χ4v) is 3.85. The van der Waals surface area contributed by atoms with E-state index < -0.39 is 0 Å². The fraction of sp³-hybridized carbons (Fsp3) is 0.933. The number of fused-ring (bicyclic) bond motifs is 2. The molecule has 2 rings (SSSR count). The number of carbonyl (C=O) groups is 1. The third-order valence-electron chi connectivity index (χ3n) is 4.92. The van der Waals surface area contributed by atoms with Crippen LogP contribution in [0.2, 0.25) is 0 Å². The molecule has 124 valence electrons. The lowest BCUT2D eigenvalue weighted by molar-refractivity contribution is -0.138. The van der Waals surface area contributed by atoms with E-state index in [0.29, 0.717) is 31.6 Å². The summed E-state index contributed by atoms with van der Waals surface area (Å²) in [5.74, 6) is 1.35. The quantitative estimate of drug-likeness (QED) is 0.685. The van der Waals surface area contributed by atoms with E-state index in [1.165, 1.54) is 12.8 Å². The Kier molecular flexibility index (Phi) is 7.95. The van der Waals surface area contributed by atoms with Crippen LogP contribution in [-0.4, -0.2) is 57.4 Å². The summed E-state index contributed by atoms with van der Waals surface area (Å²) in [6, 6.07) is 0.0636. The Labute approximate surface area is 133 Å². The predicted octanol–water partition coefficient (Wildman–Crippen LogP) is 1.29. The highest BCUT2D eigenvalue weighted by Crippen LogP contribution is 2.48. The van der Waals surface area contributed by atoms with Gasteiger partial charge >= 0.3 is 0 Å². The molecule has 2 aliphatic rings. The number of ether oxygens (including phenoxy) is 2. The van der Waals surface area contributed by atoms with Gasteiger partial charge in [-0.15, -0.1) is 12.4 Å². The lowest BCUT2D eigenvalue weighted by Gasteiger charge is -2.32. The van der Waals surface area contributed by atoms with Crippen molar-refractivity contribution in [3.63, 3.8) is 0 Å². The Morgan fingerprint density at radius 2 is 1.81 bits per heavy atom. The molecule has 0 aromatic heterocycles. The average Bonchev–Trinajstić information content (AvgIpc) is 3.03. The van der Waals surface area contributed by atoms with Gasteiger partial charge in [-0.1, -0.05) is 0 Å². The van der Waals surface area contributed by atoms with Crippen LogP contribution >= 0.6 is 12.4 Å². The van der Waals surface area contributed by atoms with Gasteiger partial charge in [0.25, 0.3) is 0 Å². The summed E-state index contributed by atoms with van der Waals surface area (Å²) < 4.78 is 10.2. The van der Waals surface area contributed by atoms with Gasteiger partial charge in [0.1, 0.15) is 0 Å². The van der Waals surface area contributed by atoms with Crippen LogP contribution in [0.5, 0.6) is 0 Å². The van der Waals surface area contributed by atoms with E-state index in [9.17, 15) is 4.79 Å². The predicted molar refractivity (Wildman–Crippen MR) is 84.5 cm³/mol. The number of hydrogen-bond donors (Lipinski definition) is 1. The first-order chi connectivity index (χ1) is 9.69. The Balaban J connectivity index is 0.00000220. The van der Waals surface area contributed by atoms with Crippen LogP contribution in [0.3, 0.4) is 0 Å². The van der Waals surface area contributed by atoms with Crippen molar-refractivity contribution in [3.05, 3.63) is 0 Å². The molecule has 2 bridgehead atoms. The first-order valence-electron chi connectivity index (χ1n) is 7.71. The molecule has 1 amide bonds. The zero-order chi connectivity index (χ0) is 14.5. The maximum Gasteiger partial charge on any atom is 0.227 e. The van der Waals surface area contributed by atoms with Crippen LogP contribution < -0.4 is 5.73 Å². The lowest BCUT2D eigenvalue weighted by Crippen LogP contribution is -2.48. The summed E-state index contributed by atoms with van der Waals surface area (Å²) in [7, 11) is 3.36. The van der Waals surface area contributed by atoms with Gasteiger partial charge in [0.05, 0.1) is 12.5 Å². The van der Waals surface area contributed by atoms with Gasteiger partial charge in [0.2, 0.25) is 5.91 Å². The second-order valence-electron chi connectivity index (χ2n) is 6.10. The molecule has 0 heterocycles. The molecule has 2 fully saturated rings. The normalized spacial score (nSPS) is 30.2. The van der Waals surface area contributed by atoms with Crippen molar-refractivity contribution in [2.75, 3.05) is 40.5 Å². The van der Waals surface area contributed by atoms with E-state index in [1.807, 2.05) is 4.90 Å². The third kappa shape index (κ3) is 4.31. The first-order valence-corrected chi connectivity index (χ1v) is 7.71. The topological polar surface area (TPSA) is 64.8 Å². The van der Waals surface area contributed by atoms with Gasteiger partial charge < -0.3 is 20.1 Å². The molecule has 0 aliphatic heterocycles. The minimum Gasteiger partial charge on any atom is -0.385 e. The Morgan fingerprint density at radius 3 is 2.38 bits per heavy atom. The number of nitrogens with two attached hydrogens (primary N) is 1. The summed E-state index contributed by atoms with van der Waals surface area (Å²) in [6.07, 6.45) is 4.39. The minimum atomic E-state index is 0. The van der Waals surface area contributed by atoms with Crippen LogP contribution in [-0.2, 0) is 14.3 Å². The number of nitrogens with zero attached hydrogens (tertiary/aromatic N) is 1. The Bertz CT molecular complexity index is 328. The van der Waals surface area contributed by atoms with Crippen LogP contribution in [0.4, 0.5) is 0 Å². The van der Waals surface area contributed by atoms with Crippen molar-refractivity contribution in [1.29, 1.82) is 0 Å². The molecular formula is C15H29ClN2O3. The third-order valence-corrected chi connectivity index (χ3v) is 4.92. The van der Waals surface area contributed by atoms with Gasteiger partial charge in [0.15, 0.2) is 0 Å². The Morgan fingerprint density at radius 1 is 1.14 bits per heavy atom. The number of methoxy groups -OCH3 is 2. The van der Waals surface area contributed by atoms with Crippen LogP contribution in [0.15, 0.2) is 0 Å². The van der Waals surface area contributed by atoms with Crippen molar-refractivity contribution >= 4 is 18.3 Å². The molecule has 4 atom stereocenters. The number of amides is 1. The monoisotopic (exact) mass is 320 g/mol. The number of hydrogen-bond acceptors (Lipinski definition) is 4. The molecule has 0 saturated heterocycles. The highest BCUT2D eigenvalue weighted by Gasteiger charge is 2.49. The molecule has 2 saturated carbocycles. The maximum atomic E-state index is 12.8. The van der Waals surface area contributed by atoms with Crippen molar-refractivity contribution in [1.82, 2.24) is 4.90 Å². The summed E-state index contributed by atoms with van der Waals surface area (Å²) in [4.78, 5) is 14.7. The molecule has 2 aliphatic carbocycles. The highest BCUT2D eigenvalue weighted by atomic mass is 35.5. The second kappa shape index (κ2) is 8.93. The van der Waals surface area contributed by atoms with Crippen molar-refractivity contribution in [3.8, 4) is 0 Å². The molecule has 2 N–H and O–H groups in total. The maximum absolute atomic E-state index is 12.8. The van der Waals surface area contributed by atoms with Gasteiger partial charge in [-0.25, -0.2) is 0 Å². The molecule has 4 unspecified atom stereocenters. The molecule has 0 radical (unpaired) electrons. The first kappa shape index (κ1) is 18.7. The molecular weight excluding hydrogens is 292 g/mol. The lowest BCUT2D eigenvalue weighted by atomic mass is 9.84. The van der Waals surface area contributed by atoms with E-state index in [1.54, 1.807) is 14.2 Å². The van der Waals surface area contributed by atoms with Gasteiger partial charge in [0, 0.05) is 40.0 Å². The SMILES string of the molecule is COCCCN(CCOC)C(=O)C1C2CCC(C2)C1N.Cl. The van der Waals surface area contributed by atoms with Gasteiger partial charge in [-0.3, -0.25) is 4.79 Å². The smallest absolute Gasteiger partial charge is 0.227 e. The van der Waals surface area contributed by atoms with E-state index in [0.717, 1.165) is 19.4 Å². The Hall–Kier alpha value is -0.360. The van der Waals surface area contributed by atoms with E-state index in [-0.39, 0.29) is 30.3 Å². The molecule has 6 heteroatoms. The number of carbonyl (C=O) groups excluding carboxylic acids is 1. The van der Waals surface area contributed by atoms with Crippen LogP contribution in [0.25, 0.3) is 0 Å². The molecule has 0 spiro atoms. The zero-order valence-electron chi connectivity index (χ0n) is 13.1. The van der Waals surface area contributed by atoms with E-state index >= 15 is 0 Å². The zero-order valence-corrected chi connectivity index (χ0v) is 13.9. The number of rotatable bonds is 8.